The second-order valence-corrected chi connectivity index (χ2v) is 12.0. The summed E-state index contributed by atoms with van der Waals surface area (Å²) >= 11 is 0. The van der Waals surface area contributed by atoms with Gasteiger partial charge in [-0.1, -0.05) is 180 Å². The van der Waals surface area contributed by atoms with Crippen molar-refractivity contribution in [3.63, 3.8) is 0 Å². The van der Waals surface area contributed by atoms with Gasteiger partial charge >= 0.3 is 0 Å². The first-order valence-electron chi connectivity index (χ1n) is 17.3. The molecule has 0 fully saturated rings. The van der Waals surface area contributed by atoms with Gasteiger partial charge in [0.25, 0.3) is 0 Å². The first kappa shape index (κ1) is 34.8. The van der Waals surface area contributed by atoms with Crippen molar-refractivity contribution >= 4 is 5.69 Å². The van der Waals surface area contributed by atoms with Crippen LogP contribution in [0.4, 0.5) is 5.69 Å². The second kappa shape index (κ2) is 27.4. The lowest BCUT2D eigenvalue weighted by Crippen LogP contribution is -2.25. The van der Waals surface area contributed by atoms with Gasteiger partial charge in [-0.2, -0.15) is 0 Å². The Morgan fingerprint density at radius 2 is 0.711 bits per heavy atom. The van der Waals surface area contributed by atoms with E-state index >= 15 is 0 Å². The fraction of sp³-hybridized carbons (Fsp3) is 0.833. The average molecular weight is 530 g/mol. The number of hydrogen-bond donors (Lipinski definition) is 1. The standard InChI is InChI=1S/C36H67NO/c1-3-5-7-9-11-13-15-17-19-21-23-25-29-33-37(35-31-27-28-32-36(35)38)34-30-26-24-22-20-18-16-14-12-10-8-6-4-2/h27-28,31-32,38H,3-26,29-30,33-34H2,1-2H3. The van der Waals surface area contributed by atoms with Crippen LogP contribution >= 0.6 is 0 Å². The Balaban J connectivity index is 2.09. The van der Waals surface area contributed by atoms with Crippen LogP contribution in [0.2, 0.25) is 0 Å². The van der Waals surface area contributed by atoms with Crippen molar-refractivity contribution in [1.29, 1.82) is 0 Å². The minimum Gasteiger partial charge on any atom is -0.506 e. The van der Waals surface area contributed by atoms with Crippen LogP contribution < -0.4 is 4.90 Å². The van der Waals surface area contributed by atoms with E-state index in [0.717, 1.165) is 18.8 Å². The van der Waals surface area contributed by atoms with E-state index in [-0.39, 0.29) is 0 Å². The van der Waals surface area contributed by atoms with Crippen molar-refractivity contribution in [2.75, 3.05) is 18.0 Å². The van der Waals surface area contributed by atoms with Crippen LogP contribution in [0.3, 0.4) is 0 Å². The van der Waals surface area contributed by atoms with E-state index in [4.69, 9.17) is 0 Å². The molecule has 0 heterocycles. The summed E-state index contributed by atoms with van der Waals surface area (Å²) in [6.45, 7) is 6.74. The molecule has 1 rings (SSSR count). The molecule has 0 aromatic heterocycles. The van der Waals surface area contributed by atoms with E-state index in [1.165, 1.54) is 167 Å². The predicted molar refractivity (Wildman–Crippen MR) is 172 cm³/mol. The maximum Gasteiger partial charge on any atom is 0.138 e. The van der Waals surface area contributed by atoms with E-state index in [9.17, 15) is 5.11 Å². The molecule has 0 aliphatic heterocycles. The summed E-state index contributed by atoms with van der Waals surface area (Å²) in [7, 11) is 0. The molecule has 0 saturated heterocycles. The lowest BCUT2D eigenvalue weighted by Gasteiger charge is -2.25. The first-order valence-corrected chi connectivity index (χ1v) is 17.3. The van der Waals surface area contributed by atoms with E-state index in [0.29, 0.717) is 5.75 Å². The number of phenolic OH excluding ortho intramolecular Hbond substituents is 1. The van der Waals surface area contributed by atoms with Crippen LogP contribution in [-0.4, -0.2) is 18.2 Å². The number of para-hydroxylation sites is 2. The Hall–Kier alpha value is -1.18. The van der Waals surface area contributed by atoms with Crippen molar-refractivity contribution in [3.05, 3.63) is 24.3 Å². The monoisotopic (exact) mass is 530 g/mol. The molecule has 0 unspecified atom stereocenters. The van der Waals surface area contributed by atoms with Crippen LogP contribution in [-0.2, 0) is 0 Å². The Morgan fingerprint density at radius 3 is 1.03 bits per heavy atom. The quantitative estimate of drug-likeness (QED) is 0.104. The zero-order valence-electron chi connectivity index (χ0n) is 26.0. The fourth-order valence-electron chi connectivity index (χ4n) is 5.73. The van der Waals surface area contributed by atoms with Crippen LogP contribution in [0.25, 0.3) is 0 Å². The maximum atomic E-state index is 10.4. The van der Waals surface area contributed by atoms with Gasteiger partial charge in [0.1, 0.15) is 5.75 Å². The molecule has 1 aromatic carbocycles. The number of hydrogen-bond acceptors (Lipinski definition) is 2. The van der Waals surface area contributed by atoms with Crippen LogP contribution in [0.5, 0.6) is 5.75 Å². The summed E-state index contributed by atoms with van der Waals surface area (Å²) < 4.78 is 0. The van der Waals surface area contributed by atoms with Crippen molar-refractivity contribution in [3.8, 4) is 5.75 Å². The van der Waals surface area contributed by atoms with Crippen LogP contribution in [0, 0.1) is 0 Å². The minimum absolute atomic E-state index is 0.442. The molecule has 38 heavy (non-hydrogen) atoms. The fourth-order valence-corrected chi connectivity index (χ4v) is 5.73. The van der Waals surface area contributed by atoms with E-state index in [2.05, 4.69) is 30.9 Å². The van der Waals surface area contributed by atoms with Gasteiger partial charge in [0.05, 0.1) is 5.69 Å². The lowest BCUT2D eigenvalue weighted by atomic mass is 10.0. The largest absolute Gasteiger partial charge is 0.506 e. The first-order chi connectivity index (χ1) is 18.8. The number of benzene rings is 1. The zero-order chi connectivity index (χ0) is 27.4. The van der Waals surface area contributed by atoms with Crippen molar-refractivity contribution in [1.82, 2.24) is 0 Å². The number of rotatable bonds is 29. The minimum atomic E-state index is 0.442. The third-order valence-corrected chi connectivity index (χ3v) is 8.29. The third-order valence-electron chi connectivity index (χ3n) is 8.29. The van der Waals surface area contributed by atoms with E-state index in [1.54, 1.807) is 0 Å². The topological polar surface area (TPSA) is 23.5 Å². The summed E-state index contributed by atoms with van der Waals surface area (Å²) in [5, 5.41) is 10.4. The van der Waals surface area contributed by atoms with Gasteiger partial charge in [-0.15, -0.1) is 0 Å². The Labute approximate surface area is 239 Å². The molecule has 0 bridgehead atoms. The third kappa shape index (κ3) is 20.7. The second-order valence-electron chi connectivity index (χ2n) is 12.0. The van der Waals surface area contributed by atoms with Crippen molar-refractivity contribution < 1.29 is 5.11 Å². The average Bonchev–Trinajstić information content (AvgIpc) is 2.93. The number of aromatic hydroxyl groups is 1. The van der Waals surface area contributed by atoms with Crippen molar-refractivity contribution in [2.24, 2.45) is 0 Å². The maximum absolute atomic E-state index is 10.4. The van der Waals surface area contributed by atoms with E-state index < -0.39 is 0 Å². The summed E-state index contributed by atoms with van der Waals surface area (Å²) in [5.74, 6) is 0.442. The SMILES string of the molecule is CCCCCCCCCCCCCCCN(CCCCCCCCCCCCCCC)c1ccccc1O. The summed E-state index contributed by atoms with van der Waals surface area (Å²) in [4.78, 5) is 2.45. The molecule has 0 saturated carbocycles. The predicted octanol–water partition coefficient (Wildman–Crippen LogP) is 12.4. The highest BCUT2D eigenvalue weighted by molar-refractivity contribution is 5.57. The van der Waals surface area contributed by atoms with Crippen LogP contribution in [0.1, 0.15) is 181 Å². The Kier molecular flexibility index (Phi) is 25.1. The highest BCUT2D eigenvalue weighted by Gasteiger charge is 2.10. The summed E-state index contributed by atoms with van der Waals surface area (Å²) in [6, 6.07) is 7.94. The van der Waals surface area contributed by atoms with Crippen molar-refractivity contribution in [2.45, 2.75) is 181 Å². The van der Waals surface area contributed by atoms with Gasteiger partial charge in [-0.25, -0.2) is 0 Å². The van der Waals surface area contributed by atoms with Gasteiger partial charge in [0.15, 0.2) is 0 Å². The normalized spacial score (nSPS) is 11.3. The highest BCUT2D eigenvalue weighted by atomic mass is 16.3. The molecule has 0 radical (unpaired) electrons. The Bertz CT molecular complexity index is 571. The molecule has 222 valence electrons. The van der Waals surface area contributed by atoms with Gasteiger partial charge in [0, 0.05) is 13.1 Å². The molecule has 1 aromatic rings. The molecule has 2 heteroatoms. The summed E-state index contributed by atoms with van der Waals surface area (Å²) in [6.07, 6.45) is 36.3. The smallest absolute Gasteiger partial charge is 0.138 e. The summed E-state index contributed by atoms with van der Waals surface area (Å²) in [5.41, 5.74) is 1.03. The van der Waals surface area contributed by atoms with Gasteiger partial charge < -0.3 is 10.0 Å². The lowest BCUT2D eigenvalue weighted by molar-refractivity contribution is 0.471. The molecule has 0 aliphatic rings. The van der Waals surface area contributed by atoms with E-state index in [1.807, 2.05) is 12.1 Å². The molecule has 0 aliphatic carbocycles. The molecule has 2 nitrogen and oxygen atoms in total. The Morgan fingerprint density at radius 1 is 0.421 bits per heavy atom. The number of phenols is 1. The molecular formula is C36H67NO. The highest BCUT2D eigenvalue weighted by Crippen LogP contribution is 2.27. The molecule has 1 N–H and O–H groups in total. The number of nitrogens with zero attached hydrogens (tertiary/aromatic N) is 1. The van der Waals surface area contributed by atoms with Gasteiger partial charge in [0.2, 0.25) is 0 Å². The van der Waals surface area contributed by atoms with Crippen LogP contribution in [0.15, 0.2) is 24.3 Å². The number of anilines is 1. The molecule has 0 amide bonds. The molecular weight excluding hydrogens is 462 g/mol. The van der Waals surface area contributed by atoms with Gasteiger partial charge in [-0.3, -0.25) is 0 Å². The zero-order valence-corrected chi connectivity index (χ0v) is 26.0. The molecule has 0 atom stereocenters. The number of unbranched alkanes of at least 4 members (excludes halogenated alkanes) is 24. The van der Waals surface area contributed by atoms with Gasteiger partial charge in [-0.05, 0) is 25.0 Å². The molecule has 0 spiro atoms.